The fourth-order valence-corrected chi connectivity index (χ4v) is 1.98. The van der Waals surface area contributed by atoms with Crippen LogP contribution in [-0.4, -0.2) is 43.3 Å². The van der Waals surface area contributed by atoms with Crippen molar-refractivity contribution in [2.75, 3.05) is 20.2 Å². The molecular formula is C9H16N2O2. The number of hydrogen-bond acceptors (Lipinski definition) is 2. The van der Waals surface area contributed by atoms with E-state index in [9.17, 15) is 4.79 Å². The van der Waals surface area contributed by atoms with Gasteiger partial charge in [-0.15, -0.1) is 0 Å². The van der Waals surface area contributed by atoms with Crippen molar-refractivity contribution in [1.82, 2.24) is 10.2 Å². The van der Waals surface area contributed by atoms with Crippen LogP contribution >= 0.6 is 0 Å². The number of methoxy groups -OCH3 is 1. The number of nitrogens with zero attached hydrogens (tertiary/aromatic N) is 1. The van der Waals surface area contributed by atoms with Crippen LogP contribution in [0, 0.1) is 0 Å². The normalized spacial score (nSPS) is 33.9. The molecule has 0 aromatic carbocycles. The third-order valence-electron chi connectivity index (χ3n) is 2.96. The van der Waals surface area contributed by atoms with Crippen molar-refractivity contribution >= 4 is 6.03 Å². The van der Waals surface area contributed by atoms with E-state index in [4.69, 9.17) is 4.74 Å². The predicted molar refractivity (Wildman–Crippen MR) is 48.5 cm³/mol. The SMILES string of the molecule is COC1CC(N2CCCNC2=O)C1. The van der Waals surface area contributed by atoms with E-state index in [-0.39, 0.29) is 6.03 Å². The summed E-state index contributed by atoms with van der Waals surface area (Å²) in [7, 11) is 1.73. The Hall–Kier alpha value is -0.770. The third-order valence-corrected chi connectivity index (χ3v) is 2.96. The van der Waals surface area contributed by atoms with Gasteiger partial charge in [-0.05, 0) is 19.3 Å². The van der Waals surface area contributed by atoms with Crippen molar-refractivity contribution in [2.45, 2.75) is 31.4 Å². The summed E-state index contributed by atoms with van der Waals surface area (Å²) in [4.78, 5) is 13.3. The van der Waals surface area contributed by atoms with Crippen LogP contribution in [0.1, 0.15) is 19.3 Å². The van der Waals surface area contributed by atoms with Gasteiger partial charge in [0.15, 0.2) is 0 Å². The molecule has 2 fully saturated rings. The number of ether oxygens (including phenoxy) is 1. The standard InChI is InChI=1S/C9H16N2O2/c1-13-8-5-7(6-8)11-4-2-3-10-9(11)12/h7-8H,2-6H2,1H3,(H,10,12). The summed E-state index contributed by atoms with van der Waals surface area (Å²) in [5.41, 5.74) is 0. The molecule has 1 aliphatic carbocycles. The number of urea groups is 1. The van der Waals surface area contributed by atoms with E-state index in [1.165, 1.54) is 0 Å². The summed E-state index contributed by atoms with van der Waals surface area (Å²) in [6, 6.07) is 0.524. The number of carbonyl (C=O) groups excluding carboxylic acids is 1. The lowest BCUT2D eigenvalue weighted by atomic mass is 9.87. The summed E-state index contributed by atoms with van der Waals surface area (Å²) in [5.74, 6) is 0. The number of nitrogens with one attached hydrogen (secondary N) is 1. The van der Waals surface area contributed by atoms with Crippen molar-refractivity contribution < 1.29 is 9.53 Å². The first-order chi connectivity index (χ1) is 6.31. The highest BCUT2D eigenvalue weighted by atomic mass is 16.5. The first kappa shape index (κ1) is 8.81. The second-order valence-corrected chi connectivity index (χ2v) is 3.76. The summed E-state index contributed by atoms with van der Waals surface area (Å²) >= 11 is 0. The van der Waals surface area contributed by atoms with Crippen LogP contribution in [0.5, 0.6) is 0 Å². The molecule has 2 aliphatic rings. The molecule has 0 atom stereocenters. The monoisotopic (exact) mass is 184 g/mol. The second kappa shape index (κ2) is 3.54. The Morgan fingerprint density at radius 1 is 1.54 bits per heavy atom. The molecule has 1 heterocycles. The van der Waals surface area contributed by atoms with Crippen molar-refractivity contribution in [3.05, 3.63) is 0 Å². The Kier molecular flexibility index (Phi) is 2.40. The van der Waals surface area contributed by atoms with Crippen LogP contribution in [0.25, 0.3) is 0 Å². The molecule has 1 N–H and O–H groups in total. The van der Waals surface area contributed by atoms with E-state index < -0.39 is 0 Å². The molecule has 2 amide bonds. The van der Waals surface area contributed by atoms with E-state index in [1.54, 1.807) is 7.11 Å². The first-order valence-corrected chi connectivity index (χ1v) is 4.88. The number of hydrogen-bond donors (Lipinski definition) is 1. The fraction of sp³-hybridized carbons (Fsp3) is 0.889. The Bertz CT molecular complexity index is 202. The quantitative estimate of drug-likeness (QED) is 0.682. The minimum Gasteiger partial charge on any atom is -0.381 e. The molecule has 4 heteroatoms. The zero-order valence-corrected chi connectivity index (χ0v) is 7.95. The maximum Gasteiger partial charge on any atom is 0.317 e. The van der Waals surface area contributed by atoms with Gasteiger partial charge >= 0.3 is 6.03 Å². The van der Waals surface area contributed by atoms with Crippen molar-refractivity contribution in [2.24, 2.45) is 0 Å². The lowest BCUT2D eigenvalue weighted by molar-refractivity contribution is -0.0168. The minimum atomic E-state index is 0.103. The van der Waals surface area contributed by atoms with E-state index in [0.29, 0.717) is 12.1 Å². The maximum absolute atomic E-state index is 11.4. The summed E-state index contributed by atoms with van der Waals surface area (Å²) in [6.45, 7) is 1.74. The zero-order chi connectivity index (χ0) is 9.26. The molecule has 0 bridgehead atoms. The van der Waals surface area contributed by atoms with Crippen LogP contribution in [0.2, 0.25) is 0 Å². The average Bonchev–Trinajstić information content (AvgIpc) is 2.06. The molecule has 0 spiro atoms. The smallest absolute Gasteiger partial charge is 0.317 e. The third kappa shape index (κ3) is 1.63. The van der Waals surface area contributed by atoms with Gasteiger partial charge < -0.3 is 15.0 Å². The summed E-state index contributed by atoms with van der Waals surface area (Å²) < 4.78 is 5.18. The van der Waals surface area contributed by atoms with Gasteiger partial charge in [-0.3, -0.25) is 0 Å². The topological polar surface area (TPSA) is 41.6 Å². The van der Waals surface area contributed by atoms with Gasteiger partial charge in [0.2, 0.25) is 0 Å². The zero-order valence-electron chi connectivity index (χ0n) is 7.95. The highest BCUT2D eigenvalue weighted by Gasteiger charge is 2.36. The Labute approximate surface area is 78.2 Å². The molecule has 0 aromatic heterocycles. The van der Waals surface area contributed by atoms with Gasteiger partial charge in [0.05, 0.1) is 6.10 Å². The molecule has 1 saturated carbocycles. The highest BCUT2D eigenvalue weighted by Crippen LogP contribution is 2.28. The molecule has 0 unspecified atom stereocenters. The summed E-state index contributed by atoms with van der Waals surface area (Å²) in [5, 5.41) is 2.86. The average molecular weight is 184 g/mol. The Morgan fingerprint density at radius 3 is 2.92 bits per heavy atom. The molecule has 0 aromatic rings. The number of amides is 2. The second-order valence-electron chi connectivity index (χ2n) is 3.76. The van der Waals surface area contributed by atoms with Crippen LogP contribution in [0.4, 0.5) is 4.79 Å². The molecule has 4 nitrogen and oxygen atoms in total. The lowest BCUT2D eigenvalue weighted by Gasteiger charge is -2.43. The van der Waals surface area contributed by atoms with Gasteiger partial charge in [0, 0.05) is 26.2 Å². The molecule has 1 saturated heterocycles. The molecule has 74 valence electrons. The van der Waals surface area contributed by atoms with E-state index in [0.717, 1.165) is 32.4 Å². The van der Waals surface area contributed by atoms with Crippen LogP contribution < -0.4 is 5.32 Å². The molecule has 1 aliphatic heterocycles. The highest BCUT2D eigenvalue weighted by molar-refractivity contribution is 5.75. The van der Waals surface area contributed by atoms with Crippen molar-refractivity contribution in [3.8, 4) is 0 Å². The Balaban J connectivity index is 1.84. The van der Waals surface area contributed by atoms with Gasteiger partial charge in [0.25, 0.3) is 0 Å². The molecular weight excluding hydrogens is 168 g/mol. The Morgan fingerprint density at radius 2 is 2.31 bits per heavy atom. The molecule has 13 heavy (non-hydrogen) atoms. The van der Waals surface area contributed by atoms with E-state index in [1.807, 2.05) is 4.90 Å². The number of rotatable bonds is 2. The van der Waals surface area contributed by atoms with Gasteiger partial charge in [-0.25, -0.2) is 4.79 Å². The fourth-order valence-electron chi connectivity index (χ4n) is 1.98. The van der Waals surface area contributed by atoms with Gasteiger partial charge in [0.1, 0.15) is 0 Å². The maximum atomic E-state index is 11.4. The van der Waals surface area contributed by atoms with E-state index in [2.05, 4.69) is 5.32 Å². The first-order valence-electron chi connectivity index (χ1n) is 4.88. The van der Waals surface area contributed by atoms with Gasteiger partial charge in [-0.1, -0.05) is 0 Å². The molecule has 2 rings (SSSR count). The van der Waals surface area contributed by atoms with Crippen molar-refractivity contribution in [1.29, 1.82) is 0 Å². The number of carbonyl (C=O) groups is 1. The lowest BCUT2D eigenvalue weighted by Crippen LogP contribution is -2.56. The van der Waals surface area contributed by atoms with E-state index >= 15 is 0 Å². The van der Waals surface area contributed by atoms with Crippen molar-refractivity contribution in [3.63, 3.8) is 0 Å². The van der Waals surface area contributed by atoms with Gasteiger partial charge in [-0.2, -0.15) is 0 Å². The predicted octanol–water partition coefficient (Wildman–Crippen LogP) is 0.579. The van der Waals surface area contributed by atoms with Crippen LogP contribution in [-0.2, 0) is 4.74 Å². The van der Waals surface area contributed by atoms with Crippen LogP contribution in [0.15, 0.2) is 0 Å². The summed E-state index contributed by atoms with van der Waals surface area (Å²) in [6.07, 6.45) is 3.45. The van der Waals surface area contributed by atoms with Crippen LogP contribution in [0.3, 0.4) is 0 Å². The largest absolute Gasteiger partial charge is 0.381 e. The molecule has 0 radical (unpaired) electrons. The minimum absolute atomic E-state index is 0.103.